The van der Waals surface area contributed by atoms with Crippen molar-refractivity contribution in [3.05, 3.63) is 341 Å². The summed E-state index contributed by atoms with van der Waals surface area (Å²) >= 11 is 0. The van der Waals surface area contributed by atoms with E-state index < -0.39 is 27.1 Å². The van der Waals surface area contributed by atoms with E-state index in [1.807, 2.05) is 0 Å². The van der Waals surface area contributed by atoms with Crippen LogP contribution in [0.1, 0.15) is 126 Å². The van der Waals surface area contributed by atoms with Crippen LogP contribution in [0.3, 0.4) is 0 Å². The highest BCUT2D eigenvalue weighted by Gasteiger charge is 2.53. The van der Waals surface area contributed by atoms with Gasteiger partial charge >= 0.3 is 0 Å². The highest BCUT2D eigenvalue weighted by molar-refractivity contribution is 6.10. The summed E-state index contributed by atoms with van der Waals surface area (Å²) in [5.41, 5.74) is 30.8. The molecule has 3 aliphatic heterocycles. The molecule has 0 saturated carbocycles. The Balaban J connectivity index is 1.09. The fourth-order valence-corrected chi connectivity index (χ4v) is 17.9. The first-order chi connectivity index (χ1) is 47.8. The van der Waals surface area contributed by atoms with E-state index in [-0.39, 0.29) is 0 Å². The van der Waals surface area contributed by atoms with Crippen LogP contribution in [0.4, 0.5) is 51.2 Å². The molecule has 3 heterocycles. The van der Waals surface area contributed by atoms with Crippen LogP contribution >= 0.6 is 0 Å². The largest absolute Gasteiger partial charge is 0.307 e. The second kappa shape index (κ2) is 22.7. The van der Waals surface area contributed by atoms with Crippen LogP contribution in [0, 0.1) is 11.3 Å². The summed E-state index contributed by atoms with van der Waals surface area (Å²) in [4.78, 5) is 7.88. The number of nitriles is 1. The van der Waals surface area contributed by atoms with E-state index in [9.17, 15) is 5.26 Å². The van der Waals surface area contributed by atoms with Gasteiger partial charge in [0.1, 0.15) is 6.07 Å². The molecule has 0 unspecified atom stereocenters. The van der Waals surface area contributed by atoms with Crippen molar-refractivity contribution in [2.24, 2.45) is 0 Å². The molecule has 13 aromatic rings. The van der Waals surface area contributed by atoms with Crippen LogP contribution in [0.5, 0.6) is 0 Å². The second-order valence-corrected chi connectivity index (χ2v) is 30.7. The predicted octanol–water partition coefficient (Wildman–Crippen LogP) is 25.8. The molecule has 0 bridgehead atoms. The third-order valence-corrected chi connectivity index (χ3v) is 22.5. The van der Waals surface area contributed by atoms with E-state index in [1.54, 1.807) is 0 Å². The monoisotopic (exact) mass is 1280 g/mol. The van der Waals surface area contributed by atoms with Crippen molar-refractivity contribution in [2.45, 2.75) is 103 Å². The van der Waals surface area contributed by atoms with E-state index >= 15 is 0 Å². The topological polar surface area (TPSA) is 33.5 Å². The first kappa shape index (κ1) is 61.3. The molecule has 0 atom stereocenters. The van der Waals surface area contributed by atoms with Gasteiger partial charge in [-0.2, -0.15) is 5.26 Å². The van der Waals surface area contributed by atoms with Gasteiger partial charge in [0.15, 0.2) is 0 Å². The number of hydrogen-bond acceptors (Lipinski definition) is 4. The van der Waals surface area contributed by atoms with Gasteiger partial charge in [0.05, 0.1) is 56.7 Å². The van der Waals surface area contributed by atoms with Gasteiger partial charge in [-0.1, -0.05) is 288 Å². The zero-order valence-corrected chi connectivity index (χ0v) is 58.2. The smallest absolute Gasteiger partial charge is 0.102 e. The van der Waals surface area contributed by atoms with Crippen LogP contribution in [-0.4, -0.2) is 0 Å². The van der Waals surface area contributed by atoms with Crippen molar-refractivity contribution >= 4 is 51.2 Å². The number of benzene rings is 13. The van der Waals surface area contributed by atoms with Crippen LogP contribution in [0.15, 0.2) is 291 Å². The quantitative estimate of drug-likeness (QED) is 0.144. The Morgan fingerprint density at radius 1 is 0.242 bits per heavy atom. The molecular formula is C95H80N4. The zero-order chi connectivity index (χ0) is 67.9. The molecule has 0 N–H and O–H groups in total. The highest BCUT2D eigenvalue weighted by atomic mass is 15.3. The van der Waals surface area contributed by atoms with Crippen molar-refractivity contribution in [1.29, 1.82) is 5.26 Å². The van der Waals surface area contributed by atoms with Crippen molar-refractivity contribution in [2.75, 3.05) is 14.7 Å². The zero-order valence-electron chi connectivity index (χ0n) is 58.2. The summed E-state index contributed by atoms with van der Waals surface area (Å²) in [6.07, 6.45) is 0.807. The lowest BCUT2D eigenvalue weighted by molar-refractivity contribution is 0.403. The SMILES string of the molecule is CC1(C)CC(C)(C)c2c(N3c4ccc(-c5ccccc5)cc4C(C)(C)c4cc(-c5ccccc5)ccc43)c(N3c4ccc(-c5ccccc5)cc4C(C)(C)c4cc(-c5ccccc5)ccc43)c(N3c4ccc(-c5ccccc5)cc4C(C)(C)c4cc(-c5ccccc5)ccc43)c(C#N)c21. The van der Waals surface area contributed by atoms with E-state index in [0.717, 1.165) is 119 Å². The fourth-order valence-electron chi connectivity index (χ4n) is 17.9. The van der Waals surface area contributed by atoms with Gasteiger partial charge in [0, 0.05) is 16.2 Å². The lowest BCUT2D eigenvalue weighted by Crippen LogP contribution is -2.36. The van der Waals surface area contributed by atoms with E-state index in [1.165, 1.54) is 50.1 Å². The molecule has 480 valence electrons. The Labute approximate surface area is 584 Å². The molecule has 0 aromatic heterocycles. The normalized spacial score (nSPS) is 15.9. The number of anilines is 9. The number of hydrogen-bond donors (Lipinski definition) is 0. The summed E-state index contributed by atoms with van der Waals surface area (Å²) in [7, 11) is 0. The maximum Gasteiger partial charge on any atom is 0.102 e. The minimum absolute atomic E-state index is 0.474. The molecule has 17 rings (SSSR count). The van der Waals surface area contributed by atoms with Gasteiger partial charge in [0.2, 0.25) is 0 Å². The third-order valence-electron chi connectivity index (χ3n) is 22.5. The standard InChI is InChI=1S/C95H80N4/c1-91(2)60-92(3,4)87-86(91)73(59-96)88(97-80-47-41-67(61-29-17-11-18-30-61)53-74(80)93(5,6)75-54-68(42-48-81(75)97)62-31-19-12-20-32-62)90(99-84-51-45-71(65-37-25-15-26-38-65)57-78(84)95(9,10)79-58-72(46-52-85(79)99)66-39-27-16-28-40-66)89(87)98-82-49-43-69(63-33-21-13-22-34-63)55-76(82)94(7,8)77-56-70(44-50-83(77)98)64-35-23-14-24-36-64/h11-58H,60H2,1-10H3. The predicted molar refractivity (Wildman–Crippen MR) is 415 cm³/mol. The lowest BCUT2D eigenvalue weighted by atomic mass is 9.70. The Bertz CT molecular complexity index is 5150. The van der Waals surface area contributed by atoms with Gasteiger partial charge in [0.25, 0.3) is 0 Å². The first-order valence-electron chi connectivity index (χ1n) is 35.1. The van der Waals surface area contributed by atoms with Crippen LogP contribution in [-0.2, 0) is 27.1 Å². The Morgan fingerprint density at radius 2 is 0.455 bits per heavy atom. The molecule has 0 spiro atoms. The van der Waals surface area contributed by atoms with Gasteiger partial charge < -0.3 is 14.7 Å². The summed E-state index contributed by atoms with van der Waals surface area (Å²) in [5.74, 6) is 0. The summed E-state index contributed by atoms with van der Waals surface area (Å²) in [6, 6.07) is 111. The van der Waals surface area contributed by atoms with Gasteiger partial charge in [-0.25, -0.2) is 0 Å². The second-order valence-electron chi connectivity index (χ2n) is 30.7. The molecule has 1 aliphatic carbocycles. The van der Waals surface area contributed by atoms with Crippen molar-refractivity contribution in [1.82, 2.24) is 0 Å². The van der Waals surface area contributed by atoms with Crippen molar-refractivity contribution in [3.8, 4) is 72.8 Å². The minimum Gasteiger partial charge on any atom is -0.307 e. The summed E-state index contributed by atoms with van der Waals surface area (Å²) in [6.45, 7) is 24.2. The Hall–Kier alpha value is -11.3. The molecule has 0 radical (unpaired) electrons. The average molecular weight is 1280 g/mol. The van der Waals surface area contributed by atoms with Gasteiger partial charge in [-0.05, 0) is 201 Å². The van der Waals surface area contributed by atoms with Gasteiger partial charge in [-0.3, -0.25) is 0 Å². The fraction of sp³-hybridized carbons (Fsp3) is 0.168. The van der Waals surface area contributed by atoms with Crippen LogP contribution in [0.25, 0.3) is 66.8 Å². The molecular weight excluding hydrogens is 1200 g/mol. The number of rotatable bonds is 9. The molecule has 0 amide bonds. The van der Waals surface area contributed by atoms with Crippen LogP contribution in [0.2, 0.25) is 0 Å². The van der Waals surface area contributed by atoms with Crippen molar-refractivity contribution in [3.63, 3.8) is 0 Å². The molecule has 99 heavy (non-hydrogen) atoms. The van der Waals surface area contributed by atoms with E-state index in [4.69, 9.17) is 0 Å². The molecule has 4 nitrogen and oxygen atoms in total. The minimum atomic E-state index is -0.529. The molecule has 0 saturated heterocycles. The molecule has 0 fully saturated rings. The average Bonchev–Trinajstić information content (AvgIpc) is 1.67. The van der Waals surface area contributed by atoms with E-state index in [2.05, 4.69) is 381 Å². The number of nitrogens with zero attached hydrogens (tertiary/aromatic N) is 4. The Morgan fingerprint density at radius 3 is 0.687 bits per heavy atom. The van der Waals surface area contributed by atoms with Crippen LogP contribution < -0.4 is 14.7 Å². The Kier molecular flexibility index (Phi) is 14.0. The molecule has 4 aliphatic rings. The summed E-state index contributed by atoms with van der Waals surface area (Å²) in [5, 5.41) is 13.2. The molecule has 4 heteroatoms. The van der Waals surface area contributed by atoms with Crippen molar-refractivity contribution < 1.29 is 0 Å². The molecule has 13 aromatic carbocycles. The summed E-state index contributed by atoms with van der Waals surface area (Å²) < 4.78 is 0. The third kappa shape index (κ3) is 9.60. The van der Waals surface area contributed by atoms with E-state index in [0.29, 0.717) is 5.56 Å². The number of fused-ring (bicyclic) bond motifs is 7. The maximum absolute atomic E-state index is 13.2. The van der Waals surface area contributed by atoms with Gasteiger partial charge in [-0.15, -0.1) is 0 Å². The first-order valence-corrected chi connectivity index (χ1v) is 35.1. The maximum atomic E-state index is 13.2. The lowest BCUT2D eigenvalue weighted by Gasteiger charge is -2.50. The highest BCUT2D eigenvalue weighted by Crippen LogP contribution is 2.69.